The maximum Gasteiger partial charge on any atom is 0.339 e. The number of aromatic nitrogens is 1. The lowest BCUT2D eigenvalue weighted by atomic mass is 9.84. The van der Waals surface area contributed by atoms with Crippen LogP contribution in [0.3, 0.4) is 0 Å². The highest BCUT2D eigenvalue weighted by atomic mass is 19.1. The average molecular weight is 549 g/mol. The zero-order valence-electron chi connectivity index (χ0n) is 23.3. The molecule has 8 heteroatoms. The Morgan fingerprint density at radius 3 is 2.42 bits per heavy atom. The monoisotopic (exact) mass is 548 g/mol. The third-order valence-corrected chi connectivity index (χ3v) is 7.70. The Labute approximate surface area is 232 Å². The van der Waals surface area contributed by atoms with Crippen LogP contribution in [-0.4, -0.2) is 60.1 Å². The van der Waals surface area contributed by atoms with E-state index < -0.39 is 30.4 Å². The molecule has 210 valence electrons. The molecule has 0 amide bonds. The van der Waals surface area contributed by atoms with E-state index in [4.69, 9.17) is 9.47 Å². The van der Waals surface area contributed by atoms with E-state index in [1.54, 1.807) is 19.2 Å². The lowest BCUT2D eigenvalue weighted by Gasteiger charge is -2.44. The molecular weight excluding hydrogens is 514 g/mol. The van der Waals surface area contributed by atoms with E-state index in [0.717, 1.165) is 44.4 Å². The fourth-order valence-corrected chi connectivity index (χ4v) is 6.01. The van der Waals surface area contributed by atoms with Crippen molar-refractivity contribution < 1.29 is 28.2 Å². The van der Waals surface area contributed by atoms with E-state index in [1.165, 1.54) is 27.0 Å². The van der Waals surface area contributed by atoms with Crippen molar-refractivity contribution in [1.82, 2.24) is 9.88 Å². The highest BCUT2D eigenvalue weighted by Gasteiger charge is 2.42. The minimum Gasteiger partial charge on any atom is -0.496 e. The number of carboxylic acid groups (broad SMARTS) is 1. The Morgan fingerprint density at radius 2 is 1.77 bits per heavy atom. The van der Waals surface area contributed by atoms with Crippen molar-refractivity contribution in [3.63, 3.8) is 0 Å². The first-order valence-corrected chi connectivity index (χ1v) is 13.3. The summed E-state index contributed by atoms with van der Waals surface area (Å²) in [5, 5.41) is 10.5. The van der Waals surface area contributed by atoms with Gasteiger partial charge in [0.15, 0.2) is 0 Å². The maximum atomic E-state index is 15.2. The molecule has 0 radical (unpaired) electrons. The summed E-state index contributed by atoms with van der Waals surface area (Å²) in [5.41, 5.74) is 4.69. The minimum atomic E-state index is -1.56. The van der Waals surface area contributed by atoms with Gasteiger partial charge in [0.2, 0.25) is 0 Å². The Bertz CT molecular complexity index is 1570. The molecule has 40 heavy (non-hydrogen) atoms. The van der Waals surface area contributed by atoms with Crippen molar-refractivity contribution in [3.05, 3.63) is 82.5 Å². The summed E-state index contributed by atoms with van der Waals surface area (Å²) < 4.78 is 41.2. The summed E-state index contributed by atoms with van der Waals surface area (Å²) in [4.78, 5) is 17.1. The van der Waals surface area contributed by atoms with Crippen LogP contribution in [0.4, 0.5) is 8.78 Å². The number of halogens is 2. The third-order valence-electron chi connectivity index (χ3n) is 7.70. The number of nitrogens with one attached hydrogen (secondary N) is 1. The predicted molar refractivity (Wildman–Crippen MR) is 152 cm³/mol. The number of aryl methyl sites for hydroxylation is 1. The molecule has 0 saturated carbocycles. The first-order valence-electron chi connectivity index (χ1n) is 13.3. The van der Waals surface area contributed by atoms with E-state index in [2.05, 4.69) is 4.98 Å². The van der Waals surface area contributed by atoms with Crippen LogP contribution in [0.2, 0.25) is 0 Å². The number of para-hydroxylation sites is 1. The molecule has 0 bridgehead atoms. The molecule has 0 saturated heterocycles. The van der Waals surface area contributed by atoms with Gasteiger partial charge < -0.3 is 19.6 Å². The minimum absolute atomic E-state index is 0.0409. The van der Waals surface area contributed by atoms with Crippen LogP contribution in [0, 0.1) is 6.92 Å². The standard InChI is InChI=1S/C32H34F2N2O4/c1-18-12-20(19-10-11-23(31(37)38)26(13-19)39-4)14-27(40-5)28(18)30-29-24(22-8-6-7-9-25(22)35-29)15-21(16-33)36(30)17-32(2,3)34/h6-14,21,30,35H,15-17H2,1-5H3,(H,37,38)/t21-,30+/m0/s1. The van der Waals surface area contributed by atoms with Gasteiger partial charge in [-0.25, -0.2) is 13.6 Å². The van der Waals surface area contributed by atoms with Crippen molar-refractivity contribution in [3.8, 4) is 22.6 Å². The van der Waals surface area contributed by atoms with Crippen LogP contribution in [0.5, 0.6) is 11.5 Å². The first-order chi connectivity index (χ1) is 19.1. The Hall–Kier alpha value is -3.91. The molecule has 3 aromatic carbocycles. The van der Waals surface area contributed by atoms with Crippen molar-refractivity contribution >= 4 is 16.9 Å². The largest absolute Gasteiger partial charge is 0.496 e. The molecule has 2 atom stereocenters. The summed E-state index contributed by atoms with van der Waals surface area (Å²) in [6.07, 6.45) is 0.470. The van der Waals surface area contributed by atoms with Gasteiger partial charge >= 0.3 is 5.97 Å². The number of nitrogens with zero attached hydrogens (tertiary/aromatic N) is 1. The van der Waals surface area contributed by atoms with E-state index in [9.17, 15) is 14.3 Å². The van der Waals surface area contributed by atoms with Crippen LogP contribution >= 0.6 is 0 Å². The van der Waals surface area contributed by atoms with Gasteiger partial charge in [0.1, 0.15) is 29.4 Å². The molecule has 5 rings (SSSR count). The van der Waals surface area contributed by atoms with Crippen LogP contribution in [0.1, 0.15) is 52.6 Å². The molecule has 4 aromatic rings. The third kappa shape index (κ3) is 4.92. The molecule has 1 aliphatic heterocycles. The molecule has 0 fully saturated rings. The zero-order valence-corrected chi connectivity index (χ0v) is 23.3. The number of carboxylic acids is 1. The van der Waals surface area contributed by atoms with Crippen LogP contribution in [0.15, 0.2) is 54.6 Å². The number of hydrogen-bond acceptors (Lipinski definition) is 4. The number of fused-ring (bicyclic) bond motifs is 3. The van der Waals surface area contributed by atoms with E-state index >= 15 is 4.39 Å². The number of benzene rings is 3. The Morgan fingerprint density at radius 1 is 1.07 bits per heavy atom. The zero-order chi connectivity index (χ0) is 28.8. The second kappa shape index (κ2) is 10.6. The fourth-order valence-electron chi connectivity index (χ4n) is 6.01. The van der Waals surface area contributed by atoms with E-state index in [1.807, 2.05) is 48.2 Å². The SMILES string of the molecule is COc1cc(-c2cc(C)c([C@@H]3c4[nH]c5ccccc5c4C[C@@H](CF)N3CC(C)(C)F)c(OC)c2)ccc1C(=O)O. The number of alkyl halides is 2. The van der Waals surface area contributed by atoms with Crippen LogP contribution < -0.4 is 9.47 Å². The topological polar surface area (TPSA) is 74.8 Å². The molecule has 2 N–H and O–H groups in total. The van der Waals surface area contributed by atoms with Gasteiger partial charge in [0, 0.05) is 34.7 Å². The van der Waals surface area contributed by atoms with Gasteiger partial charge in [0.25, 0.3) is 0 Å². The van der Waals surface area contributed by atoms with Gasteiger partial charge in [0.05, 0.1) is 20.3 Å². The lowest BCUT2D eigenvalue weighted by Crippen LogP contribution is -2.50. The van der Waals surface area contributed by atoms with E-state index in [0.29, 0.717) is 12.2 Å². The number of aromatic carboxylic acids is 1. The summed E-state index contributed by atoms with van der Waals surface area (Å²) in [6.45, 7) is 4.42. The van der Waals surface area contributed by atoms with Gasteiger partial charge in [-0.1, -0.05) is 30.3 Å². The van der Waals surface area contributed by atoms with Gasteiger partial charge in [-0.15, -0.1) is 0 Å². The molecule has 2 heterocycles. The number of H-pyrrole nitrogens is 1. The van der Waals surface area contributed by atoms with Crippen molar-refractivity contribution in [1.29, 1.82) is 0 Å². The Kier molecular flexibility index (Phi) is 7.31. The second-order valence-corrected chi connectivity index (χ2v) is 11.0. The van der Waals surface area contributed by atoms with Crippen molar-refractivity contribution in [2.75, 3.05) is 27.4 Å². The number of hydrogen-bond donors (Lipinski definition) is 2. The normalized spacial score (nSPS) is 17.6. The number of methoxy groups -OCH3 is 2. The van der Waals surface area contributed by atoms with E-state index in [-0.39, 0.29) is 17.9 Å². The first kappa shape index (κ1) is 27.6. The molecular formula is C32H34F2N2O4. The molecule has 6 nitrogen and oxygen atoms in total. The smallest absolute Gasteiger partial charge is 0.339 e. The summed E-state index contributed by atoms with van der Waals surface area (Å²) in [5.74, 6) is -0.243. The van der Waals surface area contributed by atoms with Gasteiger partial charge in [-0.3, -0.25) is 4.90 Å². The lowest BCUT2D eigenvalue weighted by molar-refractivity contribution is 0.0490. The maximum absolute atomic E-state index is 15.2. The predicted octanol–water partition coefficient (Wildman–Crippen LogP) is 6.89. The quantitative estimate of drug-likeness (QED) is 0.251. The summed E-state index contributed by atoms with van der Waals surface area (Å²) in [7, 11) is 3.02. The van der Waals surface area contributed by atoms with Crippen molar-refractivity contribution in [2.24, 2.45) is 0 Å². The molecule has 0 spiro atoms. The number of aromatic amines is 1. The Balaban J connectivity index is 1.71. The summed E-state index contributed by atoms with van der Waals surface area (Å²) in [6, 6.07) is 15.8. The number of ether oxygens (including phenoxy) is 2. The summed E-state index contributed by atoms with van der Waals surface area (Å²) >= 11 is 0. The van der Waals surface area contributed by atoms with Crippen LogP contribution in [-0.2, 0) is 6.42 Å². The van der Waals surface area contributed by atoms with Gasteiger partial charge in [-0.2, -0.15) is 0 Å². The highest BCUT2D eigenvalue weighted by molar-refractivity contribution is 5.92. The molecule has 0 unspecified atom stereocenters. The van der Waals surface area contributed by atoms with Crippen LogP contribution in [0.25, 0.3) is 22.0 Å². The second-order valence-electron chi connectivity index (χ2n) is 11.0. The molecule has 0 aliphatic carbocycles. The molecule has 1 aromatic heterocycles. The average Bonchev–Trinajstić information content (AvgIpc) is 3.29. The molecule has 1 aliphatic rings. The number of carbonyl (C=O) groups is 1. The number of rotatable bonds is 8. The van der Waals surface area contributed by atoms with Crippen molar-refractivity contribution in [2.45, 2.75) is 44.9 Å². The van der Waals surface area contributed by atoms with Gasteiger partial charge in [-0.05, 0) is 73.7 Å². The fraction of sp³-hybridized carbons (Fsp3) is 0.344. The highest BCUT2D eigenvalue weighted by Crippen LogP contribution is 2.46.